The van der Waals surface area contributed by atoms with E-state index < -0.39 is 23.5 Å². The molecule has 3 heterocycles. The Kier molecular flexibility index (Phi) is 7.60. The van der Waals surface area contributed by atoms with Crippen molar-refractivity contribution in [1.29, 1.82) is 0 Å². The minimum absolute atomic E-state index is 0.0610. The number of halogens is 6. The van der Waals surface area contributed by atoms with Crippen molar-refractivity contribution in [3.8, 4) is 0 Å². The molecule has 0 spiro atoms. The second-order valence-corrected chi connectivity index (χ2v) is 10.9. The van der Waals surface area contributed by atoms with Gasteiger partial charge in [0.05, 0.1) is 23.8 Å². The molecule has 2 aromatic rings. The standard InChI is InChI=1S/C29H33F6NO/c30-28(31,32)23-15-19(16-24(17-23)29(33,34)35)18-37-27-22-11-13-36(14-12-22)26(27)25(20-7-3-1-4-8-20)21-9-5-2-6-10-21/h1,3-4,7-8,15-17,21-22,25-27H,2,5-6,9-14,18H2/t25?,26-,27-/m1/s1. The molecule has 4 aliphatic rings. The van der Waals surface area contributed by atoms with Crippen LogP contribution in [0.3, 0.4) is 0 Å². The number of ether oxygens (including phenoxy) is 1. The summed E-state index contributed by atoms with van der Waals surface area (Å²) in [6, 6.07) is 12.2. The van der Waals surface area contributed by atoms with E-state index in [1.54, 1.807) is 0 Å². The van der Waals surface area contributed by atoms with E-state index >= 15 is 0 Å². The Bertz CT molecular complexity index is 1010. The molecule has 2 bridgehead atoms. The fourth-order valence-electron chi connectivity index (χ4n) is 6.91. The van der Waals surface area contributed by atoms with Gasteiger partial charge < -0.3 is 4.74 Å². The van der Waals surface area contributed by atoms with Crippen LogP contribution in [0.15, 0.2) is 48.5 Å². The van der Waals surface area contributed by atoms with Crippen molar-refractivity contribution in [2.24, 2.45) is 11.8 Å². The lowest BCUT2D eigenvalue weighted by Crippen LogP contribution is -2.61. The molecular formula is C29H33F6NO. The molecule has 8 heteroatoms. The summed E-state index contributed by atoms with van der Waals surface area (Å²) >= 11 is 0. The van der Waals surface area contributed by atoms with Crippen LogP contribution in [0, 0.1) is 11.8 Å². The van der Waals surface area contributed by atoms with Gasteiger partial charge in [0.15, 0.2) is 0 Å². The van der Waals surface area contributed by atoms with Crippen molar-refractivity contribution in [3.05, 3.63) is 70.8 Å². The van der Waals surface area contributed by atoms with Gasteiger partial charge in [-0.2, -0.15) is 26.3 Å². The van der Waals surface area contributed by atoms with Gasteiger partial charge in [0.2, 0.25) is 0 Å². The van der Waals surface area contributed by atoms with Gasteiger partial charge in [-0.15, -0.1) is 0 Å². The Morgan fingerprint density at radius 3 is 1.95 bits per heavy atom. The van der Waals surface area contributed by atoms with Crippen molar-refractivity contribution >= 4 is 0 Å². The van der Waals surface area contributed by atoms with Gasteiger partial charge in [0.25, 0.3) is 0 Å². The van der Waals surface area contributed by atoms with E-state index in [1.807, 2.05) is 18.2 Å². The number of hydrogen-bond donors (Lipinski definition) is 0. The molecule has 0 aromatic heterocycles. The first-order valence-electron chi connectivity index (χ1n) is 13.3. The Morgan fingerprint density at radius 2 is 1.38 bits per heavy atom. The third-order valence-electron chi connectivity index (χ3n) is 8.60. The minimum atomic E-state index is -4.87. The summed E-state index contributed by atoms with van der Waals surface area (Å²) in [5.41, 5.74) is -1.43. The number of benzene rings is 2. The van der Waals surface area contributed by atoms with Crippen LogP contribution in [0.4, 0.5) is 26.3 Å². The van der Waals surface area contributed by atoms with E-state index in [1.165, 1.54) is 24.8 Å². The largest absolute Gasteiger partial charge is 0.416 e. The zero-order valence-corrected chi connectivity index (χ0v) is 20.7. The highest BCUT2D eigenvalue weighted by atomic mass is 19.4. The van der Waals surface area contributed by atoms with Crippen LogP contribution < -0.4 is 0 Å². The summed E-state index contributed by atoms with van der Waals surface area (Å²) < 4.78 is 86.8. The van der Waals surface area contributed by atoms with Crippen LogP contribution in [0.5, 0.6) is 0 Å². The summed E-state index contributed by atoms with van der Waals surface area (Å²) in [4.78, 5) is 2.46. The van der Waals surface area contributed by atoms with Crippen molar-refractivity contribution in [2.75, 3.05) is 13.1 Å². The highest BCUT2D eigenvalue weighted by Crippen LogP contribution is 2.47. The second-order valence-electron chi connectivity index (χ2n) is 10.9. The number of alkyl halides is 6. The zero-order valence-electron chi connectivity index (χ0n) is 20.7. The summed E-state index contributed by atoms with van der Waals surface area (Å²) in [7, 11) is 0. The Balaban J connectivity index is 1.45. The fourth-order valence-corrected chi connectivity index (χ4v) is 6.91. The Hall–Kier alpha value is -2.06. The van der Waals surface area contributed by atoms with Crippen LogP contribution in [0.2, 0.25) is 0 Å². The maximum Gasteiger partial charge on any atom is 0.416 e. The molecule has 1 aliphatic carbocycles. The average molecular weight is 526 g/mol. The molecule has 0 N–H and O–H groups in total. The lowest BCUT2D eigenvalue weighted by Gasteiger charge is -2.55. The molecule has 2 nitrogen and oxygen atoms in total. The predicted molar refractivity (Wildman–Crippen MR) is 129 cm³/mol. The molecule has 1 saturated carbocycles. The molecule has 6 rings (SSSR count). The van der Waals surface area contributed by atoms with Gasteiger partial charge in [0.1, 0.15) is 0 Å². The summed E-state index contributed by atoms with van der Waals surface area (Å²) in [5.74, 6) is 0.955. The first-order valence-corrected chi connectivity index (χ1v) is 13.3. The maximum absolute atomic E-state index is 13.4. The predicted octanol–water partition coefficient (Wildman–Crippen LogP) is 8.07. The van der Waals surface area contributed by atoms with Crippen molar-refractivity contribution in [3.63, 3.8) is 0 Å². The van der Waals surface area contributed by atoms with Crippen LogP contribution in [0.25, 0.3) is 0 Å². The first-order chi connectivity index (χ1) is 17.6. The van der Waals surface area contributed by atoms with Gasteiger partial charge in [-0.05, 0) is 79.9 Å². The average Bonchev–Trinajstić information content (AvgIpc) is 2.89. The van der Waals surface area contributed by atoms with Crippen molar-refractivity contribution < 1.29 is 31.1 Å². The number of piperidine rings is 3. The number of rotatable bonds is 6. The first kappa shape index (κ1) is 26.5. The van der Waals surface area contributed by atoms with Gasteiger partial charge in [-0.1, -0.05) is 49.6 Å². The second kappa shape index (κ2) is 10.6. The van der Waals surface area contributed by atoms with E-state index in [0.717, 1.165) is 50.9 Å². The van der Waals surface area contributed by atoms with Crippen LogP contribution in [0.1, 0.15) is 73.1 Å². The molecule has 0 radical (unpaired) electrons. The molecule has 3 aliphatic heterocycles. The fraction of sp³-hybridized carbons (Fsp3) is 0.586. The highest BCUT2D eigenvalue weighted by molar-refractivity contribution is 5.33. The third-order valence-corrected chi connectivity index (χ3v) is 8.60. The molecule has 4 fully saturated rings. The monoisotopic (exact) mass is 525 g/mol. The van der Waals surface area contributed by atoms with Gasteiger partial charge in [-0.25, -0.2) is 0 Å². The van der Waals surface area contributed by atoms with E-state index in [-0.39, 0.29) is 42.2 Å². The topological polar surface area (TPSA) is 12.5 Å². The Labute approximate surface area is 214 Å². The van der Waals surface area contributed by atoms with Gasteiger partial charge >= 0.3 is 12.4 Å². The minimum Gasteiger partial charge on any atom is -0.372 e. The normalized spacial score (nSPS) is 27.8. The van der Waals surface area contributed by atoms with Gasteiger partial charge in [0, 0.05) is 12.0 Å². The van der Waals surface area contributed by atoms with Crippen molar-refractivity contribution in [1.82, 2.24) is 4.90 Å². The number of fused-ring (bicyclic) bond motifs is 3. The Morgan fingerprint density at radius 1 is 0.784 bits per heavy atom. The SMILES string of the molecule is FC(F)(F)c1cc(CO[C@@H]2C3CCN(CC3)[C@@H]2C(c2ccccc2)C2CCCCC2)cc(C(F)(F)F)c1. The third kappa shape index (κ3) is 5.85. The number of hydrogen-bond acceptors (Lipinski definition) is 2. The van der Waals surface area contributed by atoms with Crippen LogP contribution in [-0.2, 0) is 23.7 Å². The quantitative estimate of drug-likeness (QED) is 0.354. The number of nitrogens with zero attached hydrogens (tertiary/aromatic N) is 1. The van der Waals surface area contributed by atoms with Crippen molar-refractivity contribution in [2.45, 2.75) is 82.0 Å². The lowest BCUT2D eigenvalue weighted by atomic mass is 9.67. The molecule has 0 amide bonds. The molecular weight excluding hydrogens is 492 g/mol. The van der Waals surface area contributed by atoms with Gasteiger partial charge in [-0.3, -0.25) is 4.90 Å². The summed E-state index contributed by atoms with van der Waals surface area (Å²) in [5, 5.41) is 0. The zero-order chi connectivity index (χ0) is 26.2. The maximum atomic E-state index is 13.4. The van der Waals surface area contributed by atoms with Crippen LogP contribution in [-0.4, -0.2) is 30.1 Å². The van der Waals surface area contributed by atoms with E-state index in [0.29, 0.717) is 5.92 Å². The molecule has 202 valence electrons. The summed E-state index contributed by atoms with van der Waals surface area (Å²) in [6.45, 7) is 1.63. The van der Waals surface area contributed by atoms with Crippen LogP contribution >= 0.6 is 0 Å². The molecule has 37 heavy (non-hydrogen) atoms. The molecule has 1 unspecified atom stereocenters. The van der Waals surface area contributed by atoms with E-state index in [4.69, 9.17) is 4.74 Å². The van der Waals surface area contributed by atoms with E-state index in [2.05, 4.69) is 17.0 Å². The smallest absolute Gasteiger partial charge is 0.372 e. The summed E-state index contributed by atoms with van der Waals surface area (Å²) in [6.07, 6.45) is -2.26. The molecule has 3 saturated heterocycles. The molecule has 3 atom stereocenters. The lowest BCUT2D eigenvalue weighted by molar-refractivity contribution is -0.143. The van der Waals surface area contributed by atoms with E-state index in [9.17, 15) is 26.3 Å². The highest BCUT2D eigenvalue weighted by Gasteiger charge is 2.48. The molecule has 2 aromatic carbocycles.